The van der Waals surface area contributed by atoms with Crippen LogP contribution in [0.1, 0.15) is 27.2 Å². The molecule has 1 fully saturated rings. The molecule has 0 aromatic carbocycles. The van der Waals surface area contributed by atoms with Gasteiger partial charge in [-0.2, -0.15) is 0 Å². The molecule has 0 aromatic heterocycles. The van der Waals surface area contributed by atoms with E-state index >= 15 is 0 Å². The Morgan fingerprint density at radius 1 is 1.36 bits per heavy atom. The zero-order valence-corrected chi connectivity index (χ0v) is 9.58. The van der Waals surface area contributed by atoms with Gasteiger partial charge in [0.15, 0.2) is 0 Å². The fourth-order valence-corrected chi connectivity index (χ4v) is 1.87. The van der Waals surface area contributed by atoms with Crippen molar-refractivity contribution in [2.45, 2.75) is 39.3 Å². The fraction of sp³-hybridized carbons (Fsp3) is 1.00. The molecule has 1 aliphatic heterocycles. The van der Waals surface area contributed by atoms with E-state index in [0.29, 0.717) is 12.0 Å². The maximum absolute atomic E-state index is 5.71. The molecular weight excluding hydrogens is 178 g/mol. The summed E-state index contributed by atoms with van der Waals surface area (Å²) in [6.07, 6.45) is 1.40. The van der Waals surface area contributed by atoms with E-state index in [1.54, 1.807) is 0 Å². The maximum atomic E-state index is 5.71. The largest absolute Gasteiger partial charge is 0.376 e. The lowest BCUT2D eigenvalue weighted by Gasteiger charge is -2.31. The third kappa shape index (κ3) is 3.95. The minimum Gasteiger partial charge on any atom is -0.376 e. The highest BCUT2D eigenvalue weighted by Gasteiger charge is 2.24. The highest BCUT2D eigenvalue weighted by atomic mass is 16.6. The van der Waals surface area contributed by atoms with Gasteiger partial charge in [0, 0.05) is 6.04 Å². The summed E-state index contributed by atoms with van der Waals surface area (Å²) in [5.74, 6) is 0.699. The lowest BCUT2D eigenvalue weighted by atomic mass is 9.99. The van der Waals surface area contributed by atoms with Gasteiger partial charge in [0.1, 0.15) is 0 Å². The van der Waals surface area contributed by atoms with Crippen LogP contribution in [-0.2, 0) is 9.47 Å². The highest BCUT2D eigenvalue weighted by molar-refractivity contribution is 4.79. The SMILES string of the molecule is CCNC(CC(C)C)C1COCCO1. The van der Waals surface area contributed by atoms with Crippen LogP contribution in [0.15, 0.2) is 0 Å². The van der Waals surface area contributed by atoms with Crippen molar-refractivity contribution in [2.75, 3.05) is 26.4 Å². The third-order valence-electron chi connectivity index (χ3n) is 2.48. The van der Waals surface area contributed by atoms with Gasteiger partial charge in [0.05, 0.1) is 25.9 Å². The monoisotopic (exact) mass is 201 g/mol. The van der Waals surface area contributed by atoms with Crippen LogP contribution in [0.25, 0.3) is 0 Å². The number of nitrogens with one attached hydrogen (secondary N) is 1. The quantitative estimate of drug-likeness (QED) is 0.730. The molecule has 3 nitrogen and oxygen atoms in total. The van der Waals surface area contributed by atoms with Crippen molar-refractivity contribution in [2.24, 2.45) is 5.92 Å². The fourth-order valence-electron chi connectivity index (χ4n) is 1.87. The zero-order chi connectivity index (χ0) is 10.4. The smallest absolute Gasteiger partial charge is 0.0962 e. The van der Waals surface area contributed by atoms with Gasteiger partial charge in [0.25, 0.3) is 0 Å². The van der Waals surface area contributed by atoms with Crippen LogP contribution < -0.4 is 5.32 Å². The molecule has 0 amide bonds. The molecule has 0 spiro atoms. The molecule has 3 heteroatoms. The van der Waals surface area contributed by atoms with Gasteiger partial charge in [-0.3, -0.25) is 0 Å². The Bertz CT molecular complexity index is 144. The van der Waals surface area contributed by atoms with Crippen molar-refractivity contribution >= 4 is 0 Å². The predicted octanol–water partition coefficient (Wildman–Crippen LogP) is 1.43. The zero-order valence-electron chi connectivity index (χ0n) is 9.58. The molecule has 0 bridgehead atoms. The summed E-state index contributed by atoms with van der Waals surface area (Å²) in [6.45, 7) is 9.85. The first-order chi connectivity index (χ1) is 6.74. The summed E-state index contributed by atoms with van der Waals surface area (Å²) in [6, 6.07) is 0.445. The Hall–Kier alpha value is -0.120. The van der Waals surface area contributed by atoms with E-state index in [-0.39, 0.29) is 6.10 Å². The number of rotatable bonds is 5. The summed E-state index contributed by atoms with van der Waals surface area (Å²) in [4.78, 5) is 0. The second-order valence-electron chi connectivity index (χ2n) is 4.28. The van der Waals surface area contributed by atoms with Crippen molar-refractivity contribution in [3.05, 3.63) is 0 Å². The number of hydrogen-bond donors (Lipinski definition) is 1. The topological polar surface area (TPSA) is 30.5 Å². The molecule has 1 aliphatic rings. The van der Waals surface area contributed by atoms with Crippen molar-refractivity contribution in [3.63, 3.8) is 0 Å². The Morgan fingerprint density at radius 3 is 2.64 bits per heavy atom. The number of ether oxygens (including phenoxy) is 2. The number of hydrogen-bond acceptors (Lipinski definition) is 3. The summed E-state index contributed by atoms with van der Waals surface area (Å²) in [5.41, 5.74) is 0. The van der Waals surface area contributed by atoms with E-state index in [0.717, 1.165) is 32.8 Å². The predicted molar refractivity (Wildman–Crippen MR) is 57.5 cm³/mol. The van der Waals surface area contributed by atoms with E-state index in [2.05, 4.69) is 26.1 Å². The summed E-state index contributed by atoms with van der Waals surface area (Å²) in [5, 5.41) is 3.48. The third-order valence-corrected chi connectivity index (χ3v) is 2.48. The van der Waals surface area contributed by atoms with Crippen LogP contribution in [0.5, 0.6) is 0 Å². The summed E-state index contributed by atoms with van der Waals surface area (Å²) in [7, 11) is 0. The first kappa shape index (κ1) is 12.0. The molecule has 0 aromatic rings. The van der Waals surface area contributed by atoms with Crippen LogP contribution in [0.4, 0.5) is 0 Å². The van der Waals surface area contributed by atoms with Crippen molar-refractivity contribution < 1.29 is 9.47 Å². The Labute approximate surface area is 87.2 Å². The first-order valence-corrected chi connectivity index (χ1v) is 5.66. The molecule has 2 unspecified atom stereocenters. The Morgan fingerprint density at radius 2 is 2.14 bits per heavy atom. The van der Waals surface area contributed by atoms with Gasteiger partial charge in [-0.15, -0.1) is 0 Å². The molecular formula is C11H23NO2. The average molecular weight is 201 g/mol. The van der Waals surface area contributed by atoms with E-state index < -0.39 is 0 Å². The maximum Gasteiger partial charge on any atom is 0.0962 e. The van der Waals surface area contributed by atoms with E-state index in [1.807, 2.05) is 0 Å². The molecule has 1 rings (SSSR count). The molecule has 0 aliphatic carbocycles. The van der Waals surface area contributed by atoms with Gasteiger partial charge in [0.2, 0.25) is 0 Å². The number of likely N-dealkylation sites (N-methyl/N-ethyl adjacent to an activating group) is 1. The highest BCUT2D eigenvalue weighted by Crippen LogP contribution is 2.13. The van der Waals surface area contributed by atoms with Gasteiger partial charge in [-0.05, 0) is 18.9 Å². The molecule has 1 N–H and O–H groups in total. The first-order valence-electron chi connectivity index (χ1n) is 5.66. The van der Waals surface area contributed by atoms with Gasteiger partial charge < -0.3 is 14.8 Å². The molecule has 14 heavy (non-hydrogen) atoms. The van der Waals surface area contributed by atoms with Crippen molar-refractivity contribution in [3.8, 4) is 0 Å². The van der Waals surface area contributed by atoms with Crippen LogP contribution in [0, 0.1) is 5.92 Å². The second-order valence-corrected chi connectivity index (χ2v) is 4.28. The molecule has 84 valence electrons. The van der Waals surface area contributed by atoms with Crippen LogP contribution in [0.3, 0.4) is 0 Å². The van der Waals surface area contributed by atoms with E-state index in [1.165, 1.54) is 0 Å². The normalized spacial score (nSPS) is 25.3. The van der Waals surface area contributed by atoms with Crippen LogP contribution in [-0.4, -0.2) is 38.5 Å². The standard InChI is InChI=1S/C11H23NO2/c1-4-12-10(7-9(2)3)11-8-13-5-6-14-11/h9-12H,4-8H2,1-3H3. The second kappa shape index (κ2) is 6.38. The van der Waals surface area contributed by atoms with Crippen molar-refractivity contribution in [1.82, 2.24) is 5.32 Å². The minimum atomic E-state index is 0.242. The minimum absolute atomic E-state index is 0.242. The summed E-state index contributed by atoms with van der Waals surface area (Å²) >= 11 is 0. The molecule has 2 atom stereocenters. The Kier molecular flexibility index (Phi) is 5.45. The van der Waals surface area contributed by atoms with E-state index in [9.17, 15) is 0 Å². The molecule has 0 radical (unpaired) electrons. The molecule has 1 saturated heterocycles. The molecule has 1 heterocycles. The van der Waals surface area contributed by atoms with E-state index in [4.69, 9.17) is 9.47 Å². The van der Waals surface area contributed by atoms with Crippen LogP contribution >= 0.6 is 0 Å². The summed E-state index contributed by atoms with van der Waals surface area (Å²) < 4.78 is 11.1. The lowest BCUT2D eigenvalue weighted by Crippen LogP contribution is -2.47. The van der Waals surface area contributed by atoms with Crippen molar-refractivity contribution in [1.29, 1.82) is 0 Å². The van der Waals surface area contributed by atoms with Gasteiger partial charge in [-0.1, -0.05) is 20.8 Å². The lowest BCUT2D eigenvalue weighted by molar-refractivity contribution is -0.103. The van der Waals surface area contributed by atoms with Crippen LogP contribution in [0.2, 0.25) is 0 Å². The Balaban J connectivity index is 2.38. The van der Waals surface area contributed by atoms with Gasteiger partial charge >= 0.3 is 0 Å². The van der Waals surface area contributed by atoms with Gasteiger partial charge in [-0.25, -0.2) is 0 Å². The molecule has 0 saturated carbocycles. The average Bonchev–Trinajstić information content (AvgIpc) is 2.18.